The van der Waals surface area contributed by atoms with Gasteiger partial charge in [-0.25, -0.2) is 9.97 Å². The van der Waals surface area contributed by atoms with Gasteiger partial charge in [0.1, 0.15) is 23.2 Å². The minimum Gasteiger partial charge on any atom is -0.406 e. The van der Waals surface area contributed by atoms with Gasteiger partial charge in [-0.1, -0.05) is 19.9 Å². The number of ether oxygens (including phenoxy) is 1. The maximum absolute atomic E-state index is 12.5. The van der Waals surface area contributed by atoms with Crippen LogP contribution in [0.4, 0.5) is 24.8 Å². The van der Waals surface area contributed by atoms with Crippen LogP contribution in [0, 0.1) is 0 Å². The number of aromatic nitrogens is 2. The molecule has 0 bridgehead atoms. The summed E-state index contributed by atoms with van der Waals surface area (Å²) in [5.41, 5.74) is 1.84. The van der Waals surface area contributed by atoms with Gasteiger partial charge in [-0.05, 0) is 29.7 Å². The number of hydrogen-bond donors (Lipinski definition) is 1. The Hall–Kier alpha value is -2.51. The lowest BCUT2D eigenvalue weighted by molar-refractivity contribution is -0.274. The number of rotatable bonds is 4. The van der Waals surface area contributed by atoms with E-state index in [0.29, 0.717) is 6.54 Å². The monoisotopic (exact) mass is 366 g/mol. The third kappa shape index (κ3) is 4.17. The van der Waals surface area contributed by atoms with Crippen molar-refractivity contribution in [2.45, 2.75) is 39.1 Å². The predicted octanol–water partition coefficient (Wildman–Crippen LogP) is 4.10. The maximum Gasteiger partial charge on any atom is 0.573 e. The van der Waals surface area contributed by atoms with Gasteiger partial charge in [0.05, 0.1) is 0 Å². The Morgan fingerprint density at radius 3 is 2.58 bits per heavy atom. The van der Waals surface area contributed by atoms with Crippen LogP contribution in [0.2, 0.25) is 0 Å². The summed E-state index contributed by atoms with van der Waals surface area (Å²) in [4.78, 5) is 11.1. The summed E-state index contributed by atoms with van der Waals surface area (Å²) in [5.74, 6) is 2.19. The van der Waals surface area contributed by atoms with Crippen LogP contribution in [0.1, 0.15) is 36.7 Å². The van der Waals surface area contributed by atoms with E-state index in [2.05, 4.69) is 20.0 Å². The highest BCUT2D eigenvalue weighted by molar-refractivity contribution is 5.52. The second-order valence-electron chi connectivity index (χ2n) is 6.52. The third-order valence-electron chi connectivity index (χ3n) is 4.25. The summed E-state index contributed by atoms with van der Waals surface area (Å²) < 4.78 is 41.4. The quantitative estimate of drug-likeness (QED) is 0.883. The summed E-state index contributed by atoms with van der Waals surface area (Å²) in [6.45, 7) is 5.25. The molecule has 0 saturated carbocycles. The van der Waals surface area contributed by atoms with E-state index in [0.717, 1.165) is 41.6 Å². The smallest absolute Gasteiger partial charge is 0.406 e. The van der Waals surface area contributed by atoms with Crippen LogP contribution < -0.4 is 15.0 Å². The molecular weight excluding hydrogens is 345 g/mol. The maximum atomic E-state index is 12.5. The van der Waals surface area contributed by atoms with Crippen molar-refractivity contribution >= 4 is 11.6 Å². The standard InChI is InChI=1S/C18H21F3N4O/c1-11(2)17-23-15(22-3)9-16(24-17)25-7-6-12-4-5-14(8-13(12)10-25)26-18(19,20)21/h4-5,8-9,11H,6-7,10H2,1-3H3,(H,22,23,24). The molecular formula is C18H21F3N4O. The molecule has 0 fully saturated rings. The topological polar surface area (TPSA) is 50.3 Å². The van der Waals surface area contributed by atoms with Crippen LogP contribution in [0.15, 0.2) is 24.3 Å². The molecule has 5 nitrogen and oxygen atoms in total. The molecule has 0 spiro atoms. The second kappa shape index (κ2) is 7.01. The minimum absolute atomic E-state index is 0.172. The van der Waals surface area contributed by atoms with Crippen molar-refractivity contribution < 1.29 is 17.9 Å². The van der Waals surface area contributed by atoms with E-state index in [1.165, 1.54) is 12.1 Å². The highest BCUT2D eigenvalue weighted by atomic mass is 19.4. The summed E-state index contributed by atoms with van der Waals surface area (Å²) in [7, 11) is 1.79. The predicted molar refractivity (Wildman–Crippen MR) is 93.5 cm³/mol. The van der Waals surface area contributed by atoms with Crippen LogP contribution in [-0.2, 0) is 13.0 Å². The number of nitrogens with zero attached hydrogens (tertiary/aromatic N) is 3. The molecule has 0 amide bonds. The lowest BCUT2D eigenvalue weighted by Gasteiger charge is -2.30. The Bertz CT molecular complexity index is 792. The zero-order valence-corrected chi connectivity index (χ0v) is 14.9. The molecule has 2 heterocycles. The first-order valence-electron chi connectivity index (χ1n) is 8.44. The average Bonchev–Trinajstić information content (AvgIpc) is 2.59. The third-order valence-corrected chi connectivity index (χ3v) is 4.25. The van der Waals surface area contributed by atoms with Crippen molar-refractivity contribution in [1.29, 1.82) is 0 Å². The Morgan fingerprint density at radius 2 is 1.92 bits per heavy atom. The Labute approximate surface area is 150 Å². The summed E-state index contributed by atoms with van der Waals surface area (Å²) in [6, 6.07) is 6.38. The molecule has 26 heavy (non-hydrogen) atoms. The van der Waals surface area contributed by atoms with Gasteiger partial charge in [-0.2, -0.15) is 0 Å². The van der Waals surface area contributed by atoms with E-state index in [1.54, 1.807) is 13.1 Å². The largest absolute Gasteiger partial charge is 0.573 e. The van der Waals surface area contributed by atoms with E-state index in [-0.39, 0.29) is 11.7 Å². The van der Waals surface area contributed by atoms with Gasteiger partial charge in [0, 0.05) is 32.1 Å². The average molecular weight is 366 g/mol. The normalized spacial score (nSPS) is 14.3. The Morgan fingerprint density at radius 1 is 1.15 bits per heavy atom. The lowest BCUT2D eigenvalue weighted by Crippen LogP contribution is -2.31. The second-order valence-corrected chi connectivity index (χ2v) is 6.52. The van der Waals surface area contributed by atoms with Gasteiger partial charge in [0.15, 0.2) is 0 Å². The van der Waals surface area contributed by atoms with Crippen LogP contribution in [0.5, 0.6) is 5.75 Å². The molecule has 0 unspecified atom stereocenters. The highest BCUT2D eigenvalue weighted by Crippen LogP contribution is 2.30. The molecule has 0 atom stereocenters. The minimum atomic E-state index is -4.69. The molecule has 2 aromatic rings. The van der Waals surface area contributed by atoms with E-state index in [9.17, 15) is 13.2 Å². The van der Waals surface area contributed by atoms with E-state index in [4.69, 9.17) is 0 Å². The van der Waals surface area contributed by atoms with Gasteiger partial charge >= 0.3 is 6.36 Å². The number of benzene rings is 1. The van der Waals surface area contributed by atoms with Crippen LogP contribution in [0.3, 0.4) is 0 Å². The number of halogens is 3. The fourth-order valence-corrected chi connectivity index (χ4v) is 2.93. The molecule has 140 valence electrons. The van der Waals surface area contributed by atoms with Crippen molar-refractivity contribution in [1.82, 2.24) is 9.97 Å². The number of nitrogens with one attached hydrogen (secondary N) is 1. The van der Waals surface area contributed by atoms with Crippen LogP contribution in [0.25, 0.3) is 0 Å². The van der Waals surface area contributed by atoms with Crippen LogP contribution in [-0.4, -0.2) is 29.9 Å². The molecule has 3 rings (SSSR count). The van der Waals surface area contributed by atoms with Gasteiger partial charge in [-0.3, -0.25) is 0 Å². The molecule has 0 saturated heterocycles. The fourth-order valence-electron chi connectivity index (χ4n) is 2.93. The van der Waals surface area contributed by atoms with Crippen molar-refractivity contribution in [3.8, 4) is 5.75 Å². The molecule has 1 aliphatic rings. The first kappa shape index (κ1) is 18.3. The number of hydrogen-bond acceptors (Lipinski definition) is 5. The molecule has 0 aliphatic carbocycles. The number of anilines is 2. The Balaban J connectivity index is 1.88. The Kier molecular flexibility index (Phi) is 4.93. The van der Waals surface area contributed by atoms with Crippen molar-refractivity contribution in [2.75, 3.05) is 23.8 Å². The zero-order valence-electron chi connectivity index (χ0n) is 14.9. The fraction of sp³-hybridized carbons (Fsp3) is 0.444. The summed E-state index contributed by atoms with van der Waals surface area (Å²) in [6.07, 6.45) is -3.96. The van der Waals surface area contributed by atoms with E-state index >= 15 is 0 Å². The molecule has 1 N–H and O–H groups in total. The van der Waals surface area contributed by atoms with E-state index < -0.39 is 6.36 Å². The molecule has 1 aromatic heterocycles. The first-order valence-corrected chi connectivity index (χ1v) is 8.44. The van der Waals surface area contributed by atoms with Gasteiger partial charge in [0.2, 0.25) is 0 Å². The molecule has 0 radical (unpaired) electrons. The van der Waals surface area contributed by atoms with Crippen molar-refractivity contribution in [3.63, 3.8) is 0 Å². The highest BCUT2D eigenvalue weighted by Gasteiger charge is 2.31. The van der Waals surface area contributed by atoms with E-state index in [1.807, 2.05) is 24.8 Å². The first-order chi connectivity index (χ1) is 12.2. The zero-order chi connectivity index (χ0) is 18.9. The number of alkyl halides is 3. The van der Waals surface area contributed by atoms with Crippen LogP contribution >= 0.6 is 0 Å². The van der Waals surface area contributed by atoms with Crippen molar-refractivity contribution in [2.24, 2.45) is 0 Å². The number of fused-ring (bicyclic) bond motifs is 1. The van der Waals surface area contributed by atoms with Gasteiger partial charge in [0.25, 0.3) is 0 Å². The lowest BCUT2D eigenvalue weighted by atomic mass is 9.99. The summed E-state index contributed by atoms with van der Waals surface area (Å²) >= 11 is 0. The molecule has 1 aliphatic heterocycles. The van der Waals surface area contributed by atoms with Gasteiger partial charge in [-0.15, -0.1) is 13.2 Å². The molecule has 8 heteroatoms. The molecule has 1 aromatic carbocycles. The SMILES string of the molecule is CNc1cc(N2CCc3ccc(OC(F)(F)F)cc3C2)nc(C(C)C)n1. The summed E-state index contributed by atoms with van der Waals surface area (Å²) in [5, 5.41) is 3.03. The van der Waals surface area contributed by atoms with Crippen molar-refractivity contribution in [3.05, 3.63) is 41.2 Å². The van der Waals surface area contributed by atoms with Gasteiger partial charge < -0.3 is 15.0 Å².